The van der Waals surface area contributed by atoms with Gasteiger partial charge in [-0.2, -0.15) is 10.1 Å². The molecule has 1 aliphatic rings. The molecule has 130 valence electrons. The first kappa shape index (κ1) is 17.6. The molecule has 0 spiro atoms. The molecule has 0 unspecified atom stereocenters. The maximum absolute atomic E-state index is 12.6. The van der Waals surface area contributed by atoms with Gasteiger partial charge in [0.1, 0.15) is 0 Å². The Morgan fingerprint density at radius 1 is 1.19 bits per heavy atom. The topological polar surface area (TPSA) is 75.8 Å². The fourth-order valence-corrected chi connectivity index (χ4v) is 2.59. The first-order valence-corrected chi connectivity index (χ1v) is 8.12. The van der Waals surface area contributed by atoms with E-state index in [4.69, 9.17) is 11.6 Å². The Hall–Kier alpha value is -3.25. The molecule has 0 radical (unpaired) electrons. The lowest BCUT2D eigenvalue weighted by Gasteiger charge is -2.11. The molecule has 0 N–H and O–H groups in total. The van der Waals surface area contributed by atoms with Crippen LogP contribution in [-0.4, -0.2) is 16.5 Å². The monoisotopic (exact) mass is 367 g/mol. The molecule has 1 aliphatic heterocycles. The molecule has 0 aromatic heterocycles. The molecule has 3 rings (SSSR count). The third kappa shape index (κ3) is 3.70. The predicted molar refractivity (Wildman–Crippen MR) is 102 cm³/mol. The summed E-state index contributed by atoms with van der Waals surface area (Å²) in [6.45, 7) is 1.75. The summed E-state index contributed by atoms with van der Waals surface area (Å²) in [5, 5.41) is 17.0. The van der Waals surface area contributed by atoms with Crippen LogP contribution in [0.4, 0.5) is 11.4 Å². The fourth-order valence-electron chi connectivity index (χ4n) is 2.46. The van der Waals surface area contributed by atoms with Crippen LogP contribution >= 0.6 is 11.6 Å². The van der Waals surface area contributed by atoms with Crippen molar-refractivity contribution in [2.75, 3.05) is 5.01 Å². The van der Waals surface area contributed by atoms with E-state index in [9.17, 15) is 14.9 Å². The van der Waals surface area contributed by atoms with E-state index in [1.165, 1.54) is 17.1 Å². The number of benzene rings is 2. The van der Waals surface area contributed by atoms with Crippen LogP contribution in [0.1, 0.15) is 12.5 Å². The minimum absolute atomic E-state index is 0.0170. The lowest BCUT2D eigenvalue weighted by molar-refractivity contribution is -0.384. The summed E-state index contributed by atoms with van der Waals surface area (Å²) in [6, 6.07) is 13.1. The van der Waals surface area contributed by atoms with Crippen molar-refractivity contribution in [3.8, 4) is 0 Å². The molecule has 0 bridgehead atoms. The van der Waals surface area contributed by atoms with Crippen molar-refractivity contribution in [2.24, 2.45) is 5.10 Å². The second-order valence-corrected chi connectivity index (χ2v) is 6.01. The number of carbonyl (C=O) groups excluding carboxylic acids is 1. The Kier molecular flexibility index (Phi) is 4.95. The minimum atomic E-state index is -0.447. The van der Waals surface area contributed by atoms with E-state index in [-0.39, 0.29) is 11.6 Å². The number of allylic oxidation sites excluding steroid dienone is 2. The van der Waals surface area contributed by atoms with Crippen molar-refractivity contribution in [1.82, 2.24) is 0 Å². The van der Waals surface area contributed by atoms with Crippen LogP contribution in [0.15, 0.2) is 71.4 Å². The highest BCUT2D eigenvalue weighted by Crippen LogP contribution is 2.25. The highest BCUT2D eigenvalue weighted by Gasteiger charge is 2.28. The van der Waals surface area contributed by atoms with Gasteiger partial charge in [0.05, 0.1) is 21.9 Å². The van der Waals surface area contributed by atoms with Crippen LogP contribution in [0.25, 0.3) is 6.08 Å². The number of halogens is 1. The number of rotatable bonds is 4. The van der Waals surface area contributed by atoms with Crippen molar-refractivity contribution < 1.29 is 9.72 Å². The SMILES string of the molecule is CC1=NN(c2ccc(Cl)cc2)C(=O)C1=CC=Cc1cccc([N+](=O)[O-])c1. The maximum atomic E-state index is 12.6. The minimum Gasteiger partial charge on any atom is -0.267 e. The average molecular weight is 368 g/mol. The molecular weight excluding hydrogens is 354 g/mol. The van der Waals surface area contributed by atoms with Crippen molar-refractivity contribution in [1.29, 1.82) is 0 Å². The van der Waals surface area contributed by atoms with Crippen LogP contribution < -0.4 is 5.01 Å². The summed E-state index contributed by atoms with van der Waals surface area (Å²) in [7, 11) is 0. The van der Waals surface area contributed by atoms with Gasteiger partial charge in [-0.1, -0.05) is 35.9 Å². The van der Waals surface area contributed by atoms with Crippen LogP contribution in [-0.2, 0) is 4.79 Å². The summed E-state index contributed by atoms with van der Waals surface area (Å²) in [5.74, 6) is -0.242. The lowest BCUT2D eigenvalue weighted by Crippen LogP contribution is -2.21. The largest absolute Gasteiger partial charge is 0.280 e. The molecule has 0 atom stereocenters. The van der Waals surface area contributed by atoms with Gasteiger partial charge < -0.3 is 0 Å². The van der Waals surface area contributed by atoms with Gasteiger partial charge >= 0.3 is 0 Å². The number of hydrogen-bond acceptors (Lipinski definition) is 4. The number of nitrogens with zero attached hydrogens (tertiary/aromatic N) is 3. The Morgan fingerprint density at radius 3 is 2.62 bits per heavy atom. The first-order chi connectivity index (χ1) is 12.5. The van der Waals surface area contributed by atoms with Gasteiger partial charge in [-0.25, -0.2) is 0 Å². The Balaban J connectivity index is 1.80. The summed E-state index contributed by atoms with van der Waals surface area (Å²) in [6.07, 6.45) is 5.03. The van der Waals surface area contributed by atoms with E-state index < -0.39 is 4.92 Å². The third-order valence-electron chi connectivity index (χ3n) is 3.77. The molecule has 2 aromatic carbocycles. The molecule has 0 saturated carbocycles. The van der Waals surface area contributed by atoms with E-state index in [0.717, 1.165) is 0 Å². The third-order valence-corrected chi connectivity index (χ3v) is 4.02. The van der Waals surface area contributed by atoms with Crippen molar-refractivity contribution in [2.45, 2.75) is 6.92 Å². The first-order valence-electron chi connectivity index (χ1n) is 7.74. The number of carbonyl (C=O) groups is 1. The Bertz CT molecular complexity index is 962. The zero-order valence-corrected chi connectivity index (χ0v) is 14.6. The van der Waals surface area contributed by atoms with Crippen LogP contribution in [0.3, 0.4) is 0 Å². The molecule has 2 aromatic rings. The molecule has 0 aliphatic carbocycles. The number of hydrazone groups is 1. The smallest absolute Gasteiger partial charge is 0.267 e. The molecule has 0 fully saturated rings. The Labute approximate surface area is 154 Å². The number of anilines is 1. The summed E-state index contributed by atoms with van der Waals surface area (Å²) < 4.78 is 0. The van der Waals surface area contributed by atoms with E-state index in [0.29, 0.717) is 27.6 Å². The van der Waals surface area contributed by atoms with Crippen molar-refractivity contribution >= 4 is 40.7 Å². The van der Waals surface area contributed by atoms with Gasteiger partial charge in [-0.3, -0.25) is 14.9 Å². The molecule has 26 heavy (non-hydrogen) atoms. The molecule has 7 heteroatoms. The highest BCUT2D eigenvalue weighted by molar-refractivity contribution is 6.31. The van der Waals surface area contributed by atoms with Crippen LogP contribution in [0.5, 0.6) is 0 Å². The highest BCUT2D eigenvalue weighted by atomic mass is 35.5. The van der Waals surface area contributed by atoms with Crippen molar-refractivity contribution in [3.05, 3.63) is 87.0 Å². The zero-order valence-electron chi connectivity index (χ0n) is 13.8. The summed E-state index contributed by atoms with van der Waals surface area (Å²) in [5.41, 5.74) is 2.37. The lowest BCUT2D eigenvalue weighted by atomic mass is 10.1. The summed E-state index contributed by atoms with van der Waals surface area (Å²) >= 11 is 5.87. The predicted octanol–water partition coefficient (Wildman–Crippen LogP) is 4.61. The maximum Gasteiger partial charge on any atom is 0.280 e. The number of nitro benzene ring substituents is 1. The van der Waals surface area contributed by atoms with Gasteiger partial charge in [-0.15, -0.1) is 0 Å². The zero-order chi connectivity index (χ0) is 18.7. The van der Waals surface area contributed by atoms with Gasteiger partial charge in [-0.05, 0) is 42.8 Å². The molecule has 1 amide bonds. The van der Waals surface area contributed by atoms with E-state index in [1.807, 2.05) is 0 Å². The average Bonchev–Trinajstić information content (AvgIpc) is 2.91. The van der Waals surface area contributed by atoms with E-state index in [1.54, 1.807) is 61.5 Å². The van der Waals surface area contributed by atoms with Crippen molar-refractivity contribution in [3.63, 3.8) is 0 Å². The van der Waals surface area contributed by atoms with Gasteiger partial charge in [0.2, 0.25) is 0 Å². The second-order valence-electron chi connectivity index (χ2n) is 5.57. The van der Waals surface area contributed by atoms with E-state index >= 15 is 0 Å². The number of nitro groups is 1. The molecule has 6 nitrogen and oxygen atoms in total. The second kappa shape index (κ2) is 7.33. The Morgan fingerprint density at radius 2 is 1.92 bits per heavy atom. The van der Waals surface area contributed by atoms with Gasteiger partial charge in [0.15, 0.2) is 0 Å². The standard InChI is InChI=1S/C19H14ClN3O3/c1-13-18(7-3-5-14-4-2-6-17(12-14)23(25)26)19(24)22(21-13)16-10-8-15(20)9-11-16/h2-12H,1H3. The fraction of sp³-hybridized carbons (Fsp3) is 0.0526. The normalized spacial score (nSPS) is 15.8. The van der Waals surface area contributed by atoms with Crippen LogP contribution in [0, 0.1) is 10.1 Å². The molecule has 0 saturated heterocycles. The number of amides is 1. The van der Waals surface area contributed by atoms with E-state index in [2.05, 4.69) is 5.10 Å². The van der Waals surface area contributed by atoms with Crippen LogP contribution in [0.2, 0.25) is 5.02 Å². The number of non-ortho nitro benzene ring substituents is 1. The molecular formula is C19H14ClN3O3. The quantitative estimate of drug-likeness (QED) is 0.450. The van der Waals surface area contributed by atoms with Gasteiger partial charge in [0.25, 0.3) is 11.6 Å². The summed E-state index contributed by atoms with van der Waals surface area (Å²) in [4.78, 5) is 22.9. The van der Waals surface area contributed by atoms with Gasteiger partial charge in [0, 0.05) is 17.2 Å². The number of hydrogen-bond donors (Lipinski definition) is 0. The molecule has 1 heterocycles.